The molecule has 0 spiro atoms. The molecule has 8 heteroatoms. The number of nitrogens with one attached hydrogen (secondary N) is 1. The second kappa shape index (κ2) is 8.97. The van der Waals surface area contributed by atoms with E-state index in [9.17, 15) is 22.4 Å². The Morgan fingerprint density at radius 3 is 2.36 bits per heavy atom. The van der Waals surface area contributed by atoms with E-state index < -0.39 is 45.8 Å². The average molecular weight is 407 g/mol. The molecule has 0 bridgehead atoms. The molecule has 0 aliphatic rings. The Hall–Kier alpha value is -2.74. The molecular weight excluding hydrogens is 385 g/mol. The molecule has 0 radical (unpaired) electrons. The van der Waals surface area contributed by atoms with Crippen molar-refractivity contribution in [1.82, 2.24) is 0 Å². The third kappa shape index (κ3) is 5.88. The normalized spacial score (nSPS) is 12.3. The molecule has 28 heavy (non-hydrogen) atoms. The fraction of sp³-hybridized carbons (Fsp3) is 0.300. The molecular formula is C20H22FNO5S. The van der Waals surface area contributed by atoms with Crippen molar-refractivity contribution < 1.29 is 27.1 Å². The summed E-state index contributed by atoms with van der Waals surface area (Å²) in [5.41, 5.74) is 2.53. The SMILES string of the molecule is Cc1ccc(NC(=O)[C@@H](C)OC(=O)CCS(=O)(=O)c2ccc(F)cc2)c(C)c1. The molecule has 150 valence electrons. The van der Waals surface area contributed by atoms with Crippen molar-refractivity contribution in [3.05, 3.63) is 59.4 Å². The fourth-order valence-electron chi connectivity index (χ4n) is 2.48. The number of carbonyl (C=O) groups is 2. The van der Waals surface area contributed by atoms with Gasteiger partial charge in [-0.25, -0.2) is 12.8 Å². The molecule has 0 saturated carbocycles. The number of benzene rings is 2. The third-order valence-electron chi connectivity index (χ3n) is 4.06. The van der Waals surface area contributed by atoms with Gasteiger partial charge in [-0.2, -0.15) is 0 Å². The van der Waals surface area contributed by atoms with E-state index in [2.05, 4.69) is 5.32 Å². The fourth-order valence-corrected chi connectivity index (χ4v) is 3.70. The van der Waals surface area contributed by atoms with Crippen molar-refractivity contribution in [3.8, 4) is 0 Å². The van der Waals surface area contributed by atoms with Crippen molar-refractivity contribution in [2.75, 3.05) is 11.1 Å². The maximum absolute atomic E-state index is 12.9. The number of halogens is 1. The second-order valence-corrected chi connectivity index (χ2v) is 8.57. The number of aryl methyl sites for hydroxylation is 2. The van der Waals surface area contributed by atoms with Crippen LogP contribution in [0.15, 0.2) is 47.4 Å². The van der Waals surface area contributed by atoms with Gasteiger partial charge in [0, 0.05) is 5.69 Å². The molecule has 0 aliphatic carbocycles. The van der Waals surface area contributed by atoms with Gasteiger partial charge in [-0.15, -0.1) is 0 Å². The predicted molar refractivity (Wildman–Crippen MR) is 103 cm³/mol. The van der Waals surface area contributed by atoms with E-state index >= 15 is 0 Å². The predicted octanol–water partition coefficient (Wildman–Crippen LogP) is 3.18. The lowest BCUT2D eigenvalue weighted by atomic mass is 10.1. The van der Waals surface area contributed by atoms with Crippen LogP contribution in [-0.4, -0.2) is 32.2 Å². The Bertz CT molecular complexity index is 971. The molecule has 6 nitrogen and oxygen atoms in total. The van der Waals surface area contributed by atoms with Crippen LogP contribution in [0.5, 0.6) is 0 Å². The molecule has 1 N–H and O–H groups in total. The van der Waals surface area contributed by atoms with Gasteiger partial charge in [0.25, 0.3) is 5.91 Å². The molecule has 0 aromatic heterocycles. The van der Waals surface area contributed by atoms with Crippen molar-refractivity contribution in [3.63, 3.8) is 0 Å². The Morgan fingerprint density at radius 2 is 1.75 bits per heavy atom. The minimum atomic E-state index is -3.75. The highest BCUT2D eigenvalue weighted by Gasteiger charge is 2.21. The molecule has 1 atom stereocenters. The van der Waals surface area contributed by atoms with Gasteiger partial charge in [0.15, 0.2) is 15.9 Å². The van der Waals surface area contributed by atoms with E-state index in [1.807, 2.05) is 26.0 Å². The summed E-state index contributed by atoms with van der Waals surface area (Å²) < 4.78 is 42.3. The Morgan fingerprint density at radius 1 is 1.11 bits per heavy atom. The van der Waals surface area contributed by atoms with Gasteiger partial charge in [0.2, 0.25) is 0 Å². The topological polar surface area (TPSA) is 89.5 Å². The summed E-state index contributed by atoms with van der Waals surface area (Å²) in [5, 5.41) is 2.68. The standard InChI is InChI=1S/C20H22FNO5S/c1-13-4-9-18(14(2)12-13)22-20(24)15(3)27-19(23)10-11-28(25,26)17-7-5-16(21)6-8-17/h4-9,12,15H,10-11H2,1-3H3,(H,22,24)/t15-/m1/s1. The van der Waals surface area contributed by atoms with Crippen LogP contribution in [0, 0.1) is 19.7 Å². The van der Waals surface area contributed by atoms with Gasteiger partial charge in [-0.05, 0) is 56.7 Å². The number of ether oxygens (including phenoxy) is 1. The number of esters is 1. The summed E-state index contributed by atoms with van der Waals surface area (Å²) in [7, 11) is -3.75. The highest BCUT2D eigenvalue weighted by molar-refractivity contribution is 7.91. The summed E-state index contributed by atoms with van der Waals surface area (Å²) >= 11 is 0. The first kappa shape index (κ1) is 21.6. The van der Waals surface area contributed by atoms with Crippen LogP contribution < -0.4 is 5.32 Å². The summed E-state index contributed by atoms with van der Waals surface area (Å²) in [4.78, 5) is 24.0. The monoisotopic (exact) mass is 407 g/mol. The lowest BCUT2D eigenvalue weighted by molar-refractivity contribution is -0.152. The van der Waals surface area contributed by atoms with Crippen molar-refractivity contribution >= 4 is 27.4 Å². The first-order valence-corrected chi connectivity index (χ1v) is 10.3. The van der Waals surface area contributed by atoms with Crippen LogP contribution in [0.25, 0.3) is 0 Å². The number of carbonyl (C=O) groups excluding carboxylic acids is 2. The van der Waals surface area contributed by atoms with Gasteiger partial charge >= 0.3 is 5.97 Å². The lowest BCUT2D eigenvalue weighted by Gasteiger charge is -2.15. The van der Waals surface area contributed by atoms with E-state index in [4.69, 9.17) is 4.74 Å². The molecule has 2 aromatic rings. The van der Waals surface area contributed by atoms with E-state index in [-0.39, 0.29) is 4.90 Å². The highest BCUT2D eigenvalue weighted by Crippen LogP contribution is 2.17. The van der Waals surface area contributed by atoms with Crippen LogP contribution in [0.1, 0.15) is 24.5 Å². The first-order valence-electron chi connectivity index (χ1n) is 8.64. The molecule has 2 rings (SSSR count). The lowest BCUT2D eigenvalue weighted by Crippen LogP contribution is -2.30. The van der Waals surface area contributed by atoms with Crippen LogP contribution in [-0.2, 0) is 24.2 Å². The molecule has 0 heterocycles. The van der Waals surface area contributed by atoms with E-state index in [0.717, 1.165) is 35.4 Å². The Balaban J connectivity index is 1.89. The van der Waals surface area contributed by atoms with Crippen molar-refractivity contribution in [2.45, 2.75) is 38.2 Å². The zero-order chi connectivity index (χ0) is 20.9. The number of hydrogen-bond acceptors (Lipinski definition) is 5. The quantitative estimate of drug-likeness (QED) is 0.562. The molecule has 0 unspecified atom stereocenters. The first-order chi connectivity index (χ1) is 13.1. The average Bonchev–Trinajstić information content (AvgIpc) is 2.62. The number of rotatable bonds is 7. The van der Waals surface area contributed by atoms with E-state index in [1.165, 1.54) is 6.92 Å². The molecule has 0 fully saturated rings. The van der Waals surface area contributed by atoms with Crippen LogP contribution >= 0.6 is 0 Å². The Kier molecular flexibility index (Phi) is 6.90. The Labute approximate surface area is 163 Å². The summed E-state index contributed by atoms with van der Waals surface area (Å²) in [5.74, 6) is -2.37. The van der Waals surface area contributed by atoms with Gasteiger partial charge in [0.1, 0.15) is 5.82 Å². The number of hydrogen-bond donors (Lipinski definition) is 1. The van der Waals surface area contributed by atoms with Crippen LogP contribution in [0.4, 0.5) is 10.1 Å². The maximum Gasteiger partial charge on any atom is 0.307 e. The van der Waals surface area contributed by atoms with E-state index in [0.29, 0.717) is 5.69 Å². The van der Waals surface area contributed by atoms with Gasteiger partial charge < -0.3 is 10.1 Å². The minimum Gasteiger partial charge on any atom is -0.453 e. The minimum absolute atomic E-state index is 0.0812. The summed E-state index contributed by atoms with van der Waals surface area (Å²) in [6.45, 7) is 5.19. The zero-order valence-electron chi connectivity index (χ0n) is 15.9. The van der Waals surface area contributed by atoms with Crippen molar-refractivity contribution in [1.29, 1.82) is 0 Å². The summed E-state index contributed by atoms with van der Waals surface area (Å²) in [6.07, 6.45) is -1.50. The molecule has 2 aromatic carbocycles. The number of anilines is 1. The van der Waals surface area contributed by atoms with Crippen LogP contribution in [0.3, 0.4) is 0 Å². The van der Waals surface area contributed by atoms with Gasteiger partial charge in [0.05, 0.1) is 17.1 Å². The third-order valence-corrected chi connectivity index (χ3v) is 5.80. The van der Waals surface area contributed by atoms with Crippen LogP contribution in [0.2, 0.25) is 0 Å². The highest BCUT2D eigenvalue weighted by atomic mass is 32.2. The van der Waals surface area contributed by atoms with Crippen molar-refractivity contribution in [2.24, 2.45) is 0 Å². The second-order valence-electron chi connectivity index (χ2n) is 6.46. The van der Waals surface area contributed by atoms with E-state index in [1.54, 1.807) is 6.07 Å². The zero-order valence-corrected chi connectivity index (χ0v) is 16.7. The molecule has 0 saturated heterocycles. The van der Waals surface area contributed by atoms with Gasteiger partial charge in [-0.1, -0.05) is 17.7 Å². The summed E-state index contributed by atoms with van der Waals surface area (Å²) in [6, 6.07) is 9.85. The largest absolute Gasteiger partial charge is 0.453 e. The maximum atomic E-state index is 12.9. The molecule has 0 aliphatic heterocycles. The molecule has 1 amide bonds. The smallest absolute Gasteiger partial charge is 0.307 e. The van der Waals surface area contributed by atoms with Gasteiger partial charge in [-0.3, -0.25) is 9.59 Å². The number of sulfone groups is 1. The number of amides is 1.